The topological polar surface area (TPSA) is 15.6 Å². The monoisotopic (exact) mass is 374 g/mol. The van der Waals surface area contributed by atoms with E-state index in [0.29, 0.717) is 0 Å². The zero-order chi connectivity index (χ0) is 19.1. The number of thioether (sulfide) groups is 1. The Morgan fingerprint density at radius 1 is 0.815 bits per heavy atom. The van der Waals surface area contributed by atoms with E-state index in [2.05, 4.69) is 104 Å². The number of aliphatic imine (C=N–C) groups is 1. The second-order valence-corrected chi connectivity index (χ2v) is 7.49. The largest absolute Gasteiger partial charge is 0.343 e. The molecule has 0 N–H and O–H groups in total. The van der Waals surface area contributed by atoms with Gasteiger partial charge >= 0.3 is 0 Å². The minimum Gasteiger partial charge on any atom is -0.343 e. The summed E-state index contributed by atoms with van der Waals surface area (Å²) in [5.41, 5.74) is 6.09. The molecular weight excluding hydrogens is 348 g/mol. The number of nitrogens with zero attached hydrogens (tertiary/aromatic N) is 2. The molecule has 0 radical (unpaired) electrons. The van der Waals surface area contributed by atoms with E-state index in [9.17, 15) is 0 Å². The van der Waals surface area contributed by atoms with E-state index < -0.39 is 0 Å². The lowest BCUT2D eigenvalue weighted by Crippen LogP contribution is -2.27. The van der Waals surface area contributed by atoms with Crippen LogP contribution in [-0.4, -0.2) is 16.3 Å². The molecule has 0 saturated heterocycles. The molecule has 0 amide bonds. The summed E-state index contributed by atoms with van der Waals surface area (Å²) in [7, 11) is 0. The van der Waals surface area contributed by atoms with Gasteiger partial charge in [0.15, 0.2) is 5.17 Å². The Labute approximate surface area is 167 Å². The van der Waals surface area contributed by atoms with Crippen molar-refractivity contribution in [2.24, 2.45) is 4.99 Å². The lowest BCUT2D eigenvalue weighted by molar-refractivity contribution is 0.415. The van der Waals surface area contributed by atoms with Gasteiger partial charge in [0.2, 0.25) is 0 Å². The molecule has 3 aromatic carbocycles. The molecule has 27 heavy (non-hydrogen) atoms. The fraction of sp³-hybridized carbons (Fsp3) is 0.208. The van der Waals surface area contributed by atoms with Crippen molar-refractivity contribution in [2.45, 2.75) is 26.9 Å². The zero-order valence-electron chi connectivity index (χ0n) is 16.2. The summed E-state index contributed by atoms with van der Waals surface area (Å²) in [6, 6.07) is 27.6. The molecule has 0 spiro atoms. The Balaban J connectivity index is 1.94. The highest BCUT2D eigenvalue weighted by atomic mass is 32.2. The first-order valence-electron chi connectivity index (χ1n) is 9.18. The number of rotatable bonds is 5. The fourth-order valence-electron chi connectivity index (χ4n) is 3.08. The number of aryl methyl sites for hydroxylation is 2. The molecule has 0 aliphatic rings. The maximum Gasteiger partial charge on any atom is 0.164 e. The fourth-order valence-corrected chi connectivity index (χ4v) is 3.66. The van der Waals surface area contributed by atoms with Crippen LogP contribution in [0.2, 0.25) is 0 Å². The van der Waals surface area contributed by atoms with E-state index in [-0.39, 0.29) is 0 Å². The first-order chi connectivity index (χ1) is 13.2. The van der Waals surface area contributed by atoms with Crippen LogP contribution in [0, 0.1) is 13.8 Å². The van der Waals surface area contributed by atoms with Crippen LogP contribution < -0.4 is 0 Å². The van der Waals surface area contributed by atoms with Gasteiger partial charge < -0.3 is 4.90 Å². The van der Waals surface area contributed by atoms with Gasteiger partial charge in [-0.15, -0.1) is 0 Å². The van der Waals surface area contributed by atoms with Gasteiger partial charge in [-0.25, -0.2) is 4.99 Å². The molecule has 0 unspecified atom stereocenters. The zero-order valence-corrected chi connectivity index (χ0v) is 17.0. The molecule has 138 valence electrons. The summed E-state index contributed by atoms with van der Waals surface area (Å²) >= 11 is 1.70. The van der Waals surface area contributed by atoms with Gasteiger partial charge in [0.1, 0.15) is 0 Å². The summed E-state index contributed by atoms with van der Waals surface area (Å²) in [4.78, 5) is 7.37. The maximum atomic E-state index is 5.02. The van der Waals surface area contributed by atoms with Gasteiger partial charge in [0.05, 0.1) is 5.69 Å². The smallest absolute Gasteiger partial charge is 0.164 e. The number of amidine groups is 1. The second kappa shape index (κ2) is 9.43. The van der Waals surface area contributed by atoms with E-state index in [0.717, 1.165) is 23.9 Å². The minimum absolute atomic E-state index is 0.834. The van der Waals surface area contributed by atoms with Gasteiger partial charge in [-0.3, -0.25) is 0 Å². The third-order valence-corrected chi connectivity index (χ3v) is 5.17. The highest BCUT2D eigenvalue weighted by molar-refractivity contribution is 8.13. The van der Waals surface area contributed by atoms with Crippen molar-refractivity contribution in [2.75, 3.05) is 6.26 Å². The molecule has 0 aromatic heterocycles. The lowest BCUT2D eigenvalue weighted by atomic mass is 10.1. The van der Waals surface area contributed by atoms with Gasteiger partial charge in [-0.2, -0.15) is 0 Å². The minimum atomic E-state index is 0.834. The van der Waals surface area contributed by atoms with Crippen molar-refractivity contribution in [1.29, 1.82) is 0 Å². The molecule has 2 nitrogen and oxygen atoms in total. The average Bonchev–Trinajstić information content (AvgIpc) is 2.69. The maximum absolute atomic E-state index is 5.02. The van der Waals surface area contributed by atoms with E-state index in [1.54, 1.807) is 11.8 Å². The molecule has 0 saturated carbocycles. The van der Waals surface area contributed by atoms with Gasteiger partial charge in [0, 0.05) is 13.1 Å². The van der Waals surface area contributed by atoms with Crippen molar-refractivity contribution in [3.63, 3.8) is 0 Å². The second-order valence-electron chi connectivity index (χ2n) is 6.72. The van der Waals surface area contributed by atoms with Crippen molar-refractivity contribution in [3.8, 4) is 0 Å². The van der Waals surface area contributed by atoms with E-state index in [1.807, 2.05) is 0 Å². The molecule has 0 aliphatic carbocycles. The summed E-state index contributed by atoms with van der Waals surface area (Å²) in [5, 5.41) is 1.04. The Bertz CT molecular complexity index is 847. The van der Waals surface area contributed by atoms with Crippen LogP contribution in [0.3, 0.4) is 0 Å². The Morgan fingerprint density at radius 2 is 1.37 bits per heavy atom. The molecule has 3 aromatic rings. The third kappa shape index (κ3) is 5.48. The first kappa shape index (κ1) is 19.2. The predicted octanol–water partition coefficient (Wildman–Crippen LogP) is 6.36. The summed E-state index contributed by atoms with van der Waals surface area (Å²) in [6.45, 7) is 5.91. The highest BCUT2D eigenvalue weighted by Gasteiger charge is 2.13. The van der Waals surface area contributed by atoms with Crippen molar-refractivity contribution >= 4 is 22.6 Å². The SMILES string of the molecule is CSC(=Nc1ccc(C)cc1C)N(Cc1ccccc1)Cc1ccccc1. The summed E-state index contributed by atoms with van der Waals surface area (Å²) in [6.07, 6.45) is 2.10. The normalized spacial score (nSPS) is 11.4. The molecule has 0 fully saturated rings. The molecule has 3 heteroatoms. The van der Waals surface area contributed by atoms with Crippen LogP contribution in [0.25, 0.3) is 0 Å². The third-order valence-electron chi connectivity index (χ3n) is 4.45. The molecule has 0 heterocycles. The molecule has 0 atom stereocenters. The lowest BCUT2D eigenvalue weighted by Gasteiger charge is -2.25. The molecule has 0 bridgehead atoms. The molecule has 0 aliphatic heterocycles. The van der Waals surface area contributed by atoms with Gasteiger partial charge in [-0.05, 0) is 42.9 Å². The summed E-state index contributed by atoms with van der Waals surface area (Å²) < 4.78 is 0. The summed E-state index contributed by atoms with van der Waals surface area (Å²) in [5.74, 6) is 0. The van der Waals surface area contributed by atoms with Crippen LogP contribution in [0.1, 0.15) is 22.3 Å². The molecule has 3 rings (SSSR count). The Morgan fingerprint density at radius 3 is 1.85 bits per heavy atom. The number of hydrogen-bond donors (Lipinski definition) is 0. The van der Waals surface area contributed by atoms with Crippen LogP contribution in [0.15, 0.2) is 83.9 Å². The van der Waals surface area contributed by atoms with Crippen molar-refractivity contribution in [1.82, 2.24) is 4.90 Å². The standard InChI is InChI=1S/C24H26N2S/c1-19-14-15-23(20(2)16-19)25-24(27-3)26(17-21-10-6-4-7-11-21)18-22-12-8-5-9-13-22/h4-16H,17-18H2,1-3H3. The Hall–Kier alpha value is -2.52. The van der Waals surface area contributed by atoms with Gasteiger partial charge in [-0.1, -0.05) is 90.1 Å². The average molecular weight is 375 g/mol. The molecular formula is C24H26N2S. The van der Waals surface area contributed by atoms with Crippen LogP contribution >= 0.6 is 11.8 Å². The van der Waals surface area contributed by atoms with E-state index in [1.165, 1.54) is 22.3 Å². The van der Waals surface area contributed by atoms with Crippen molar-refractivity contribution in [3.05, 3.63) is 101 Å². The number of hydrogen-bond acceptors (Lipinski definition) is 2. The first-order valence-corrected chi connectivity index (χ1v) is 10.4. The van der Waals surface area contributed by atoms with Crippen molar-refractivity contribution < 1.29 is 0 Å². The quantitative estimate of drug-likeness (QED) is 0.381. The highest BCUT2D eigenvalue weighted by Crippen LogP contribution is 2.24. The van der Waals surface area contributed by atoms with Crippen LogP contribution in [-0.2, 0) is 13.1 Å². The van der Waals surface area contributed by atoms with Crippen LogP contribution in [0.4, 0.5) is 5.69 Å². The van der Waals surface area contributed by atoms with Gasteiger partial charge in [0.25, 0.3) is 0 Å². The van der Waals surface area contributed by atoms with E-state index >= 15 is 0 Å². The van der Waals surface area contributed by atoms with E-state index in [4.69, 9.17) is 4.99 Å². The Kier molecular flexibility index (Phi) is 6.72. The number of benzene rings is 3. The predicted molar refractivity (Wildman–Crippen MR) is 119 cm³/mol. The van der Waals surface area contributed by atoms with Crippen LogP contribution in [0.5, 0.6) is 0 Å².